The van der Waals surface area contributed by atoms with Crippen LogP contribution >= 0.6 is 15.9 Å². The third-order valence-electron chi connectivity index (χ3n) is 1.48. The number of halogens is 1. The van der Waals surface area contributed by atoms with Gasteiger partial charge in [-0.1, -0.05) is 0 Å². The van der Waals surface area contributed by atoms with Crippen LogP contribution in [0.15, 0.2) is 27.0 Å². The van der Waals surface area contributed by atoms with Crippen molar-refractivity contribution in [3.05, 3.63) is 28.1 Å². The number of furan rings is 1. The molecule has 0 fully saturated rings. The zero-order valence-corrected chi connectivity index (χ0v) is 8.83. The van der Waals surface area contributed by atoms with E-state index in [2.05, 4.69) is 15.9 Å². The molecule has 0 radical (unpaired) electrons. The number of nitriles is 2. The van der Waals surface area contributed by atoms with Gasteiger partial charge in [-0.25, -0.2) is 0 Å². The molecule has 0 N–H and O–H groups in total. The highest BCUT2D eigenvalue weighted by Gasteiger charge is 2.11. The quantitative estimate of drug-likeness (QED) is 0.599. The fourth-order valence-corrected chi connectivity index (χ4v) is 1.26. The highest BCUT2D eigenvalue weighted by Crippen LogP contribution is 2.24. The SMILES string of the molecule is COC(=C(C#N)C#N)c1coc(Br)c1. The fraction of sp³-hybridized carbons (Fsp3) is 0.111. The molecule has 0 amide bonds. The minimum absolute atomic E-state index is 0.0826. The second kappa shape index (κ2) is 4.50. The molecule has 14 heavy (non-hydrogen) atoms. The van der Waals surface area contributed by atoms with Gasteiger partial charge in [-0.15, -0.1) is 0 Å². The average molecular weight is 253 g/mol. The Morgan fingerprint density at radius 3 is 2.50 bits per heavy atom. The first-order valence-electron chi connectivity index (χ1n) is 3.55. The van der Waals surface area contributed by atoms with E-state index in [0.717, 1.165) is 0 Å². The van der Waals surface area contributed by atoms with Crippen LogP contribution in [0.1, 0.15) is 5.56 Å². The number of hydrogen-bond acceptors (Lipinski definition) is 4. The third kappa shape index (κ3) is 1.95. The summed E-state index contributed by atoms with van der Waals surface area (Å²) in [4.78, 5) is 0. The molecule has 0 saturated carbocycles. The van der Waals surface area contributed by atoms with Crippen molar-refractivity contribution in [1.29, 1.82) is 10.5 Å². The Hall–Kier alpha value is -1.72. The summed E-state index contributed by atoms with van der Waals surface area (Å²) < 4.78 is 10.4. The maximum atomic E-state index is 8.64. The number of nitrogens with zero attached hydrogens (tertiary/aromatic N) is 2. The molecule has 0 spiro atoms. The second-order valence-electron chi connectivity index (χ2n) is 2.27. The molecule has 0 atom stereocenters. The third-order valence-corrected chi connectivity index (χ3v) is 1.90. The smallest absolute Gasteiger partial charge is 0.172 e. The first-order chi connectivity index (χ1) is 6.72. The molecular formula is C9H5BrN2O2. The molecule has 0 bridgehead atoms. The molecule has 0 aliphatic heterocycles. The lowest BCUT2D eigenvalue weighted by Crippen LogP contribution is -1.89. The van der Waals surface area contributed by atoms with Crippen molar-refractivity contribution >= 4 is 21.7 Å². The van der Waals surface area contributed by atoms with Crippen LogP contribution in [-0.2, 0) is 4.74 Å². The largest absolute Gasteiger partial charge is 0.494 e. The lowest BCUT2D eigenvalue weighted by atomic mass is 10.2. The van der Waals surface area contributed by atoms with E-state index < -0.39 is 0 Å². The van der Waals surface area contributed by atoms with E-state index in [4.69, 9.17) is 19.7 Å². The normalized spacial score (nSPS) is 8.57. The summed E-state index contributed by atoms with van der Waals surface area (Å²) in [7, 11) is 1.39. The van der Waals surface area contributed by atoms with Gasteiger partial charge < -0.3 is 9.15 Å². The maximum Gasteiger partial charge on any atom is 0.172 e. The van der Waals surface area contributed by atoms with Gasteiger partial charge in [-0.2, -0.15) is 10.5 Å². The number of methoxy groups -OCH3 is 1. The summed E-state index contributed by atoms with van der Waals surface area (Å²) in [5, 5.41) is 17.3. The monoisotopic (exact) mass is 252 g/mol. The molecular weight excluding hydrogens is 248 g/mol. The Morgan fingerprint density at radius 2 is 2.14 bits per heavy atom. The first-order valence-corrected chi connectivity index (χ1v) is 4.35. The summed E-state index contributed by atoms with van der Waals surface area (Å²) in [6.07, 6.45) is 1.40. The highest BCUT2D eigenvalue weighted by molar-refractivity contribution is 9.10. The second-order valence-corrected chi connectivity index (χ2v) is 3.05. The summed E-state index contributed by atoms with van der Waals surface area (Å²) in [5.41, 5.74) is 0.471. The molecule has 0 aromatic carbocycles. The Bertz CT molecular complexity index is 432. The van der Waals surface area contributed by atoms with E-state index in [1.54, 1.807) is 18.2 Å². The molecule has 1 aromatic heterocycles. The van der Waals surface area contributed by atoms with Gasteiger partial charge in [0.1, 0.15) is 18.4 Å². The van der Waals surface area contributed by atoms with E-state index in [-0.39, 0.29) is 11.3 Å². The number of ether oxygens (including phenoxy) is 1. The molecule has 1 aromatic rings. The molecule has 0 unspecified atom stereocenters. The van der Waals surface area contributed by atoms with Gasteiger partial charge in [0.25, 0.3) is 0 Å². The van der Waals surface area contributed by atoms with Gasteiger partial charge in [0.05, 0.1) is 12.7 Å². The predicted molar refractivity (Wildman–Crippen MR) is 51.6 cm³/mol. The highest BCUT2D eigenvalue weighted by atomic mass is 79.9. The van der Waals surface area contributed by atoms with Gasteiger partial charge in [0, 0.05) is 6.07 Å². The van der Waals surface area contributed by atoms with Crippen LogP contribution in [0.5, 0.6) is 0 Å². The molecule has 0 aliphatic carbocycles. The van der Waals surface area contributed by atoms with Crippen LogP contribution in [0.4, 0.5) is 0 Å². The molecule has 70 valence electrons. The molecule has 0 aliphatic rings. The van der Waals surface area contributed by atoms with Gasteiger partial charge in [0.2, 0.25) is 0 Å². The maximum absolute atomic E-state index is 8.64. The standard InChI is InChI=1S/C9H5BrN2O2/c1-13-9(7(3-11)4-12)6-2-8(10)14-5-6/h2,5H,1H3. The van der Waals surface area contributed by atoms with E-state index in [1.807, 2.05) is 0 Å². The van der Waals surface area contributed by atoms with Crippen LogP contribution in [-0.4, -0.2) is 7.11 Å². The van der Waals surface area contributed by atoms with E-state index >= 15 is 0 Å². The molecule has 5 heteroatoms. The van der Waals surface area contributed by atoms with Gasteiger partial charge >= 0.3 is 0 Å². The summed E-state index contributed by atoms with van der Waals surface area (Å²) >= 11 is 3.11. The van der Waals surface area contributed by atoms with Crippen molar-refractivity contribution < 1.29 is 9.15 Å². The van der Waals surface area contributed by atoms with Crippen molar-refractivity contribution in [2.45, 2.75) is 0 Å². The van der Waals surface area contributed by atoms with E-state index in [9.17, 15) is 0 Å². The number of allylic oxidation sites excluding steroid dienone is 1. The van der Waals surface area contributed by atoms with Gasteiger partial charge in [0.15, 0.2) is 16.0 Å². The Balaban J connectivity index is 3.25. The van der Waals surface area contributed by atoms with Crippen molar-refractivity contribution in [2.75, 3.05) is 7.11 Å². The minimum atomic E-state index is -0.0826. The van der Waals surface area contributed by atoms with E-state index in [1.165, 1.54) is 13.4 Å². The Labute approximate surface area is 89.1 Å². The average Bonchev–Trinajstić information content (AvgIpc) is 2.60. The van der Waals surface area contributed by atoms with Crippen LogP contribution in [0.25, 0.3) is 5.76 Å². The van der Waals surface area contributed by atoms with Crippen molar-refractivity contribution in [3.63, 3.8) is 0 Å². The topological polar surface area (TPSA) is 69.9 Å². The zero-order valence-electron chi connectivity index (χ0n) is 7.24. The molecule has 1 rings (SSSR count). The van der Waals surface area contributed by atoms with Crippen LogP contribution in [0.2, 0.25) is 0 Å². The lowest BCUT2D eigenvalue weighted by molar-refractivity contribution is 0.368. The minimum Gasteiger partial charge on any atom is -0.494 e. The van der Waals surface area contributed by atoms with Gasteiger partial charge in [-0.05, 0) is 15.9 Å². The first kappa shape index (κ1) is 10.4. The molecule has 4 nitrogen and oxygen atoms in total. The van der Waals surface area contributed by atoms with Crippen LogP contribution in [0.3, 0.4) is 0 Å². The summed E-state index contributed by atoms with van der Waals surface area (Å²) in [5.74, 6) is 0.212. The fourth-order valence-electron chi connectivity index (χ4n) is 0.920. The lowest BCUT2D eigenvalue weighted by Gasteiger charge is -2.01. The number of rotatable bonds is 2. The zero-order chi connectivity index (χ0) is 10.6. The number of hydrogen-bond donors (Lipinski definition) is 0. The molecule has 1 heterocycles. The predicted octanol–water partition coefficient (Wildman–Crippen LogP) is 2.45. The van der Waals surface area contributed by atoms with Crippen LogP contribution in [0, 0.1) is 22.7 Å². The van der Waals surface area contributed by atoms with Crippen molar-refractivity contribution in [2.24, 2.45) is 0 Å². The van der Waals surface area contributed by atoms with Crippen LogP contribution < -0.4 is 0 Å². The molecule has 0 saturated heterocycles. The summed E-state index contributed by atoms with van der Waals surface area (Å²) in [6.45, 7) is 0. The van der Waals surface area contributed by atoms with E-state index in [0.29, 0.717) is 10.2 Å². The van der Waals surface area contributed by atoms with Crippen molar-refractivity contribution in [1.82, 2.24) is 0 Å². The Kier molecular flexibility index (Phi) is 3.33. The van der Waals surface area contributed by atoms with Gasteiger partial charge in [-0.3, -0.25) is 0 Å². The Morgan fingerprint density at radius 1 is 1.50 bits per heavy atom. The van der Waals surface area contributed by atoms with Crippen molar-refractivity contribution in [3.8, 4) is 12.1 Å². The summed E-state index contributed by atoms with van der Waals surface area (Å²) in [6, 6.07) is 5.11.